The number of allylic oxidation sites excluding steroid dienone is 1. The topological polar surface area (TPSA) is 72.8 Å². The van der Waals surface area contributed by atoms with E-state index in [1.165, 1.54) is 148 Å². The second kappa shape index (κ2) is 36.1. The summed E-state index contributed by atoms with van der Waals surface area (Å²) in [5.74, 6) is -1.17. The molecule has 0 amide bonds. The first-order chi connectivity index (χ1) is 21.7. The molecule has 5 heteroatoms. The number of carbonyl (C=O) groups is 2. The van der Waals surface area contributed by atoms with Crippen molar-refractivity contribution in [2.24, 2.45) is 5.92 Å². The zero-order valence-corrected chi connectivity index (χ0v) is 29.3. The van der Waals surface area contributed by atoms with Crippen LogP contribution in [0.4, 0.5) is 0 Å². The van der Waals surface area contributed by atoms with Crippen LogP contribution in [0, 0.1) is 5.92 Å². The van der Waals surface area contributed by atoms with Gasteiger partial charge in [0.05, 0.1) is 12.3 Å². The van der Waals surface area contributed by atoms with Crippen LogP contribution in [0.3, 0.4) is 0 Å². The number of hydrogen-bond acceptors (Lipinski definition) is 5. The molecule has 44 heavy (non-hydrogen) atoms. The van der Waals surface area contributed by atoms with Gasteiger partial charge in [0.25, 0.3) is 0 Å². The number of hydrogen-bond donors (Lipinski definition) is 1. The minimum atomic E-state index is -0.442. The number of aliphatic hydroxyl groups is 1. The molecule has 260 valence electrons. The highest BCUT2D eigenvalue weighted by Gasteiger charge is 2.21. The van der Waals surface area contributed by atoms with Crippen LogP contribution in [0.25, 0.3) is 0 Å². The monoisotopic (exact) mass is 623 g/mol. The van der Waals surface area contributed by atoms with Crippen LogP contribution in [0.1, 0.15) is 212 Å². The van der Waals surface area contributed by atoms with Crippen molar-refractivity contribution >= 4 is 11.9 Å². The van der Waals surface area contributed by atoms with Gasteiger partial charge in [0.15, 0.2) is 0 Å². The lowest BCUT2D eigenvalue weighted by atomic mass is 9.97. The van der Waals surface area contributed by atoms with E-state index in [0.29, 0.717) is 19.4 Å². The van der Waals surface area contributed by atoms with E-state index in [0.717, 1.165) is 44.9 Å². The summed E-state index contributed by atoms with van der Waals surface area (Å²) in [5.41, 5.74) is 0. The zero-order valence-electron chi connectivity index (χ0n) is 29.3. The zero-order chi connectivity index (χ0) is 32.2. The lowest BCUT2D eigenvalue weighted by molar-refractivity contribution is -0.262. The Balaban J connectivity index is 3.61. The quantitative estimate of drug-likeness (QED) is 0.0329. The summed E-state index contributed by atoms with van der Waals surface area (Å²) in [7, 11) is 0. The Hall–Kier alpha value is -1.36. The van der Waals surface area contributed by atoms with Crippen LogP contribution in [-0.4, -0.2) is 23.7 Å². The van der Waals surface area contributed by atoms with Crippen molar-refractivity contribution in [3.05, 3.63) is 12.7 Å². The molecule has 0 saturated carbocycles. The molecule has 0 rings (SSSR count). The summed E-state index contributed by atoms with van der Waals surface area (Å²) in [6.07, 6.45) is 39.9. The predicted octanol–water partition coefficient (Wildman–Crippen LogP) is 12.3. The average Bonchev–Trinajstić information content (AvgIpc) is 3.03. The van der Waals surface area contributed by atoms with Crippen molar-refractivity contribution in [2.75, 3.05) is 6.61 Å². The molecular formula is C39H74O5. The molecule has 0 aromatic rings. The van der Waals surface area contributed by atoms with Gasteiger partial charge in [0.2, 0.25) is 0 Å². The predicted molar refractivity (Wildman–Crippen MR) is 186 cm³/mol. The standard InChI is InChI=1S/C39H74O5/c1-3-5-6-7-8-9-10-11-12-16-19-22-25-28-31-35-38(41)43-44-39(42)37(33-4-2)34-30-27-24-21-18-15-13-14-17-20-23-26-29-32-36-40/h4,37,40H,2-3,5-36H2,1H3. The van der Waals surface area contributed by atoms with E-state index in [-0.39, 0.29) is 5.92 Å². The van der Waals surface area contributed by atoms with E-state index in [1.54, 1.807) is 6.08 Å². The summed E-state index contributed by atoms with van der Waals surface area (Å²) in [4.78, 5) is 34.3. The molecule has 0 bridgehead atoms. The molecule has 1 N–H and O–H groups in total. The van der Waals surface area contributed by atoms with Crippen molar-refractivity contribution in [3.63, 3.8) is 0 Å². The van der Waals surface area contributed by atoms with Gasteiger partial charge in [-0.3, -0.25) is 0 Å². The molecule has 0 aliphatic rings. The molecule has 0 saturated heterocycles. The Labute approximate surface area is 273 Å². The van der Waals surface area contributed by atoms with E-state index >= 15 is 0 Å². The summed E-state index contributed by atoms with van der Waals surface area (Å²) >= 11 is 0. The largest absolute Gasteiger partial charge is 0.396 e. The van der Waals surface area contributed by atoms with E-state index in [4.69, 9.17) is 14.9 Å². The SMILES string of the molecule is C=CCC(CCCCCCCCCCCCCCCCO)C(=O)OOC(=O)CCCCCCCCCCCCCCCCC. The van der Waals surface area contributed by atoms with Gasteiger partial charge in [-0.1, -0.05) is 186 Å². The third-order valence-electron chi connectivity index (χ3n) is 8.95. The molecule has 0 radical (unpaired) electrons. The average molecular weight is 623 g/mol. The first-order valence-electron chi connectivity index (χ1n) is 19.3. The molecule has 0 aliphatic heterocycles. The number of unbranched alkanes of at least 4 members (excludes halogenated alkanes) is 27. The van der Waals surface area contributed by atoms with E-state index in [9.17, 15) is 9.59 Å². The van der Waals surface area contributed by atoms with Crippen LogP contribution in [-0.2, 0) is 19.4 Å². The minimum absolute atomic E-state index is 0.283. The van der Waals surface area contributed by atoms with Gasteiger partial charge < -0.3 is 5.11 Å². The van der Waals surface area contributed by atoms with Crippen molar-refractivity contribution in [1.29, 1.82) is 0 Å². The fraction of sp³-hybridized carbons (Fsp3) is 0.897. The first kappa shape index (κ1) is 42.6. The molecule has 0 aromatic carbocycles. The highest BCUT2D eigenvalue weighted by Crippen LogP contribution is 2.19. The molecule has 1 atom stereocenters. The summed E-state index contributed by atoms with van der Waals surface area (Å²) < 4.78 is 0. The van der Waals surface area contributed by atoms with Gasteiger partial charge >= 0.3 is 11.9 Å². The van der Waals surface area contributed by atoms with Crippen molar-refractivity contribution in [2.45, 2.75) is 212 Å². The second-order valence-electron chi connectivity index (χ2n) is 13.2. The van der Waals surface area contributed by atoms with Gasteiger partial charge in [0.1, 0.15) is 0 Å². The Bertz CT molecular complexity index is 620. The van der Waals surface area contributed by atoms with Gasteiger partial charge in [-0.2, -0.15) is 0 Å². The molecule has 0 fully saturated rings. The Kier molecular flexibility index (Phi) is 35.0. The van der Waals surface area contributed by atoms with Gasteiger partial charge in [-0.25, -0.2) is 19.4 Å². The van der Waals surface area contributed by atoms with Crippen LogP contribution in [0.15, 0.2) is 12.7 Å². The summed E-state index contributed by atoms with van der Waals surface area (Å²) in [6.45, 7) is 6.38. The number of carbonyl (C=O) groups excluding carboxylic acids is 2. The Morgan fingerprint density at radius 1 is 0.545 bits per heavy atom. The summed E-state index contributed by atoms with van der Waals surface area (Å²) in [5, 5.41) is 8.80. The Morgan fingerprint density at radius 2 is 0.909 bits per heavy atom. The smallest absolute Gasteiger partial charge is 0.358 e. The normalized spacial score (nSPS) is 11.9. The Morgan fingerprint density at radius 3 is 1.30 bits per heavy atom. The second-order valence-corrected chi connectivity index (χ2v) is 13.2. The maximum Gasteiger partial charge on any atom is 0.358 e. The molecule has 0 spiro atoms. The van der Waals surface area contributed by atoms with Crippen LogP contribution in [0.5, 0.6) is 0 Å². The van der Waals surface area contributed by atoms with E-state index < -0.39 is 11.9 Å². The molecule has 0 aliphatic carbocycles. The van der Waals surface area contributed by atoms with E-state index in [2.05, 4.69) is 13.5 Å². The lowest BCUT2D eigenvalue weighted by Gasteiger charge is -2.12. The molecule has 0 heterocycles. The molecule has 1 unspecified atom stereocenters. The van der Waals surface area contributed by atoms with Gasteiger partial charge in [-0.05, 0) is 25.7 Å². The highest BCUT2D eigenvalue weighted by atomic mass is 17.2. The van der Waals surface area contributed by atoms with Crippen molar-refractivity contribution in [3.8, 4) is 0 Å². The van der Waals surface area contributed by atoms with Crippen LogP contribution in [0.2, 0.25) is 0 Å². The van der Waals surface area contributed by atoms with Crippen LogP contribution < -0.4 is 0 Å². The number of rotatable bonds is 35. The fourth-order valence-corrected chi connectivity index (χ4v) is 5.99. The fourth-order valence-electron chi connectivity index (χ4n) is 5.99. The van der Waals surface area contributed by atoms with Gasteiger partial charge in [-0.15, -0.1) is 6.58 Å². The molecule has 0 aromatic heterocycles. The van der Waals surface area contributed by atoms with Crippen LogP contribution >= 0.6 is 0 Å². The minimum Gasteiger partial charge on any atom is -0.396 e. The maximum atomic E-state index is 12.5. The molecular weight excluding hydrogens is 548 g/mol. The highest BCUT2D eigenvalue weighted by molar-refractivity contribution is 5.74. The molecule has 5 nitrogen and oxygen atoms in total. The summed E-state index contributed by atoms with van der Waals surface area (Å²) in [6, 6.07) is 0. The third-order valence-corrected chi connectivity index (χ3v) is 8.95. The number of aliphatic hydroxyl groups excluding tert-OH is 1. The maximum absolute atomic E-state index is 12.5. The van der Waals surface area contributed by atoms with E-state index in [1.807, 2.05) is 0 Å². The van der Waals surface area contributed by atoms with Crippen molar-refractivity contribution in [1.82, 2.24) is 0 Å². The third kappa shape index (κ3) is 32.0. The van der Waals surface area contributed by atoms with Crippen molar-refractivity contribution < 1.29 is 24.5 Å². The lowest BCUT2D eigenvalue weighted by Crippen LogP contribution is -2.19. The van der Waals surface area contributed by atoms with Gasteiger partial charge in [0, 0.05) is 6.61 Å². The first-order valence-corrected chi connectivity index (χ1v) is 19.3.